The van der Waals surface area contributed by atoms with Gasteiger partial charge in [-0.1, -0.05) is 0 Å². The highest BCUT2D eigenvalue weighted by Gasteiger charge is 2.16. The fraction of sp³-hybridized carbons (Fsp3) is 0. The highest BCUT2D eigenvalue weighted by molar-refractivity contribution is 5.99. The van der Waals surface area contributed by atoms with Crippen molar-refractivity contribution in [3.05, 3.63) is 41.7 Å². The van der Waals surface area contributed by atoms with Crippen molar-refractivity contribution in [1.82, 2.24) is 15.2 Å². The van der Waals surface area contributed by atoms with Crippen LogP contribution in [-0.2, 0) is 0 Å². The van der Waals surface area contributed by atoms with Gasteiger partial charge in [0.15, 0.2) is 0 Å². The third kappa shape index (κ3) is 3.43. The summed E-state index contributed by atoms with van der Waals surface area (Å²) in [6.45, 7) is 0. The second-order valence-corrected chi connectivity index (χ2v) is 3.66. The summed E-state index contributed by atoms with van der Waals surface area (Å²) in [5.41, 5.74) is -1.28. The lowest BCUT2D eigenvalue weighted by Gasteiger charge is -2.08. The van der Waals surface area contributed by atoms with Crippen LogP contribution in [0.1, 0.15) is 10.4 Å². The maximum Gasteiger partial charge on any atom is 0.338 e. The van der Waals surface area contributed by atoms with Crippen LogP contribution in [0.25, 0.3) is 0 Å². The average molecular weight is 295 g/mol. The Hall–Kier alpha value is -3.17. The van der Waals surface area contributed by atoms with Gasteiger partial charge in [-0.05, 0) is 6.07 Å². The van der Waals surface area contributed by atoms with Crippen molar-refractivity contribution in [3.63, 3.8) is 0 Å². The van der Waals surface area contributed by atoms with Crippen LogP contribution in [0.4, 0.5) is 25.2 Å². The highest BCUT2D eigenvalue weighted by atomic mass is 19.1. The predicted molar refractivity (Wildman–Crippen MR) is 65.8 cm³/mol. The summed E-state index contributed by atoms with van der Waals surface area (Å²) in [6, 6.07) is 0.0842. The first-order chi connectivity index (χ1) is 9.97. The number of hydrogen-bond acceptors (Lipinski definition) is 5. The van der Waals surface area contributed by atoms with Crippen LogP contribution in [-0.4, -0.2) is 32.3 Å². The normalized spacial score (nSPS) is 10.0. The van der Waals surface area contributed by atoms with E-state index >= 15 is 0 Å². The summed E-state index contributed by atoms with van der Waals surface area (Å²) in [7, 11) is 0. The Labute approximate surface area is 115 Å². The molecule has 0 spiro atoms. The lowest BCUT2D eigenvalue weighted by Crippen LogP contribution is -2.22. The molecule has 8 nitrogen and oxygen atoms in total. The number of carbonyl (C=O) groups is 2. The van der Waals surface area contributed by atoms with Crippen molar-refractivity contribution in [2.75, 3.05) is 10.6 Å². The number of nitrogens with zero attached hydrogens (tertiary/aromatic N) is 3. The standard InChI is InChI=1S/C11H7F2N5O3/c12-6-4-7(13)8(3-5(6)9(19)20)16-11(21)17-10-14-1-2-15-18-10/h1-4H,(H,19,20)(H2,14,16,17,18,21). The molecule has 2 rings (SSSR count). The Morgan fingerprint density at radius 2 is 1.86 bits per heavy atom. The second kappa shape index (κ2) is 5.86. The van der Waals surface area contributed by atoms with Crippen LogP contribution in [0.3, 0.4) is 0 Å². The minimum atomic E-state index is -1.59. The molecule has 1 aromatic heterocycles. The largest absolute Gasteiger partial charge is 0.478 e. The number of carboxylic acids is 1. The van der Waals surface area contributed by atoms with E-state index in [4.69, 9.17) is 5.11 Å². The molecule has 0 saturated carbocycles. The third-order valence-corrected chi connectivity index (χ3v) is 2.24. The summed E-state index contributed by atoms with van der Waals surface area (Å²) in [5, 5.41) is 19.8. The van der Waals surface area contributed by atoms with Crippen molar-refractivity contribution in [1.29, 1.82) is 0 Å². The Bertz CT molecular complexity index is 696. The van der Waals surface area contributed by atoms with Gasteiger partial charge < -0.3 is 10.4 Å². The molecule has 10 heteroatoms. The summed E-state index contributed by atoms with van der Waals surface area (Å²) in [4.78, 5) is 26.0. The van der Waals surface area contributed by atoms with Gasteiger partial charge in [-0.25, -0.2) is 23.4 Å². The Morgan fingerprint density at radius 3 is 2.48 bits per heavy atom. The quantitative estimate of drug-likeness (QED) is 0.789. The molecule has 0 radical (unpaired) electrons. The molecule has 1 heterocycles. The van der Waals surface area contributed by atoms with Crippen LogP contribution in [0.2, 0.25) is 0 Å². The number of amides is 2. The zero-order chi connectivity index (χ0) is 15.4. The van der Waals surface area contributed by atoms with Gasteiger partial charge in [0.25, 0.3) is 5.95 Å². The number of aromatic carboxylic acids is 1. The van der Waals surface area contributed by atoms with E-state index in [9.17, 15) is 18.4 Å². The SMILES string of the molecule is O=C(Nc1nccnn1)Nc1cc(C(=O)O)c(F)cc1F. The van der Waals surface area contributed by atoms with E-state index in [1.807, 2.05) is 5.32 Å². The lowest BCUT2D eigenvalue weighted by molar-refractivity contribution is 0.0692. The molecule has 0 atom stereocenters. The topological polar surface area (TPSA) is 117 Å². The Balaban J connectivity index is 2.17. The monoisotopic (exact) mass is 295 g/mol. The number of anilines is 2. The summed E-state index contributed by atoms with van der Waals surface area (Å²) in [5.74, 6) is -4.11. The number of rotatable bonds is 3. The van der Waals surface area contributed by atoms with Crippen molar-refractivity contribution in [3.8, 4) is 0 Å². The molecule has 3 N–H and O–H groups in total. The Kier molecular flexibility index (Phi) is 3.97. The predicted octanol–water partition coefficient (Wildman–Crippen LogP) is 1.49. The number of urea groups is 1. The van der Waals surface area contributed by atoms with Crippen molar-refractivity contribution in [2.24, 2.45) is 0 Å². The lowest BCUT2D eigenvalue weighted by atomic mass is 10.2. The Morgan fingerprint density at radius 1 is 1.10 bits per heavy atom. The van der Waals surface area contributed by atoms with Crippen LogP contribution >= 0.6 is 0 Å². The highest BCUT2D eigenvalue weighted by Crippen LogP contribution is 2.19. The maximum atomic E-state index is 13.5. The first-order valence-electron chi connectivity index (χ1n) is 5.41. The summed E-state index contributed by atoms with van der Waals surface area (Å²) in [6.07, 6.45) is 2.55. The molecule has 2 aromatic rings. The fourth-order valence-corrected chi connectivity index (χ4v) is 1.37. The fourth-order valence-electron chi connectivity index (χ4n) is 1.37. The molecule has 2 amide bonds. The van der Waals surface area contributed by atoms with Gasteiger partial charge in [0.05, 0.1) is 23.6 Å². The van der Waals surface area contributed by atoms with Crippen molar-refractivity contribution < 1.29 is 23.5 Å². The van der Waals surface area contributed by atoms with E-state index in [0.717, 1.165) is 0 Å². The average Bonchev–Trinajstić information content (AvgIpc) is 2.42. The van der Waals surface area contributed by atoms with Crippen LogP contribution in [0.5, 0.6) is 0 Å². The molecule has 0 saturated heterocycles. The minimum absolute atomic E-state index is 0.143. The van der Waals surface area contributed by atoms with Gasteiger partial charge in [0, 0.05) is 6.07 Å². The second-order valence-electron chi connectivity index (χ2n) is 3.66. The van der Waals surface area contributed by atoms with Crippen LogP contribution in [0.15, 0.2) is 24.5 Å². The number of nitrogens with one attached hydrogen (secondary N) is 2. The molecule has 21 heavy (non-hydrogen) atoms. The number of hydrogen-bond donors (Lipinski definition) is 3. The third-order valence-electron chi connectivity index (χ3n) is 2.24. The molecule has 108 valence electrons. The van der Waals surface area contributed by atoms with Gasteiger partial charge in [0.1, 0.15) is 11.6 Å². The van der Waals surface area contributed by atoms with Gasteiger partial charge in [0.2, 0.25) is 0 Å². The first-order valence-corrected chi connectivity index (χ1v) is 5.41. The first kappa shape index (κ1) is 14.2. The minimum Gasteiger partial charge on any atom is -0.478 e. The molecule has 0 bridgehead atoms. The van der Waals surface area contributed by atoms with E-state index < -0.39 is 34.9 Å². The molecular formula is C11H7F2N5O3. The molecule has 0 aliphatic heterocycles. The van der Waals surface area contributed by atoms with Gasteiger partial charge in [-0.3, -0.25) is 5.32 Å². The molecule has 0 unspecified atom stereocenters. The molecule has 1 aromatic carbocycles. The van der Waals surface area contributed by atoms with Crippen LogP contribution < -0.4 is 10.6 Å². The van der Waals surface area contributed by atoms with E-state index in [2.05, 4.69) is 20.5 Å². The molecule has 0 fully saturated rings. The zero-order valence-corrected chi connectivity index (χ0v) is 10.2. The van der Waals surface area contributed by atoms with E-state index in [1.54, 1.807) is 0 Å². The van der Waals surface area contributed by atoms with E-state index in [-0.39, 0.29) is 5.95 Å². The number of halogens is 2. The van der Waals surface area contributed by atoms with Crippen molar-refractivity contribution >= 4 is 23.6 Å². The van der Waals surface area contributed by atoms with E-state index in [0.29, 0.717) is 12.1 Å². The zero-order valence-electron chi connectivity index (χ0n) is 10.2. The smallest absolute Gasteiger partial charge is 0.338 e. The number of benzene rings is 1. The van der Waals surface area contributed by atoms with Gasteiger partial charge in [-0.2, -0.15) is 5.10 Å². The van der Waals surface area contributed by atoms with Gasteiger partial charge in [-0.15, -0.1) is 5.10 Å². The molecular weight excluding hydrogens is 288 g/mol. The van der Waals surface area contributed by atoms with Crippen molar-refractivity contribution in [2.45, 2.75) is 0 Å². The molecule has 0 aliphatic carbocycles. The van der Waals surface area contributed by atoms with E-state index in [1.165, 1.54) is 12.4 Å². The summed E-state index contributed by atoms with van der Waals surface area (Å²) < 4.78 is 26.7. The van der Waals surface area contributed by atoms with Crippen LogP contribution in [0, 0.1) is 11.6 Å². The number of aromatic nitrogens is 3. The molecule has 0 aliphatic rings. The number of carboxylic acid groups (broad SMARTS) is 1. The summed E-state index contributed by atoms with van der Waals surface area (Å²) >= 11 is 0. The maximum absolute atomic E-state index is 13.5. The number of carbonyl (C=O) groups excluding carboxylic acids is 1. The van der Waals surface area contributed by atoms with Gasteiger partial charge >= 0.3 is 12.0 Å².